The fourth-order valence-electron chi connectivity index (χ4n) is 3.92. The van der Waals surface area contributed by atoms with Gasteiger partial charge in [-0.1, -0.05) is 24.3 Å². The van der Waals surface area contributed by atoms with Gasteiger partial charge in [-0.15, -0.1) is 0 Å². The molecule has 0 radical (unpaired) electrons. The Morgan fingerprint density at radius 2 is 1.53 bits per heavy atom. The largest absolute Gasteiger partial charge is 0.496 e. The van der Waals surface area contributed by atoms with Gasteiger partial charge in [0.05, 0.1) is 14.2 Å². The van der Waals surface area contributed by atoms with Crippen molar-refractivity contribution in [3.8, 4) is 28.6 Å². The number of carbonyl (C=O) groups is 1. The Morgan fingerprint density at radius 3 is 2.24 bits per heavy atom. The third-order valence-corrected chi connectivity index (χ3v) is 5.57. The first-order chi connectivity index (χ1) is 16.5. The summed E-state index contributed by atoms with van der Waals surface area (Å²) in [7, 11) is 2.93. The molecule has 0 aliphatic carbocycles. The third-order valence-electron chi connectivity index (χ3n) is 5.57. The summed E-state index contributed by atoms with van der Waals surface area (Å²) in [6, 6.07) is 19.1. The lowest BCUT2D eigenvalue weighted by molar-refractivity contribution is 0.0726. The van der Waals surface area contributed by atoms with Crippen LogP contribution >= 0.6 is 0 Å². The van der Waals surface area contributed by atoms with E-state index in [9.17, 15) is 9.59 Å². The number of hydrogen-bond donors (Lipinski definition) is 0. The Morgan fingerprint density at radius 1 is 0.794 bits per heavy atom. The van der Waals surface area contributed by atoms with Gasteiger partial charge in [0.2, 0.25) is 0 Å². The molecule has 0 spiro atoms. The monoisotopic (exact) mass is 456 g/mol. The smallest absolute Gasteiger partial charge is 0.351 e. The van der Waals surface area contributed by atoms with E-state index < -0.39 is 11.6 Å². The van der Waals surface area contributed by atoms with Crippen molar-refractivity contribution in [2.24, 2.45) is 0 Å². The zero-order valence-corrected chi connectivity index (χ0v) is 18.7. The summed E-state index contributed by atoms with van der Waals surface area (Å²) in [6.45, 7) is 1.76. The molecule has 0 amide bonds. The van der Waals surface area contributed by atoms with Crippen LogP contribution in [0.2, 0.25) is 0 Å². The average molecular weight is 456 g/mol. The summed E-state index contributed by atoms with van der Waals surface area (Å²) in [4.78, 5) is 25.4. The van der Waals surface area contributed by atoms with Gasteiger partial charge in [-0.3, -0.25) is 0 Å². The molecular formula is C27H20O7. The number of benzene rings is 3. The van der Waals surface area contributed by atoms with Gasteiger partial charge in [-0.2, -0.15) is 0 Å². The Kier molecular flexibility index (Phi) is 5.30. The molecule has 7 nitrogen and oxygen atoms in total. The maximum absolute atomic E-state index is 13.1. The Balaban J connectivity index is 1.63. The van der Waals surface area contributed by atoms with Crippen LogP contribution in [-0.2, 0) is 0 Å². The van der Waals surface area contributed by atoms with Gasteiger partial charge >= 0.3 is 11.6 Å². The van der Waals surface area contributed by atoms with Gasteiger partial charge in [0.15, 0.2) is 0 Å². The lowest BCUT2D eigenvalue weighted by Gasteiger charge is -2.14. The zero-order chi connectivity index (χ0) is 23.8. The topological polar surface area (TPSA) is 88.1 Å². The number of methoxy groups -OCH3 is 2. The molecule has 0 atom stereocenters. The molecule has 5 rings (SSSR count). The Bertz CT molecular complexity index is 1550. The first-order valence-electron chi connectivity index (χ1n) is 10.5. The van der Waals surface area contributed by atoms with Crippen molar-refractivity contribution < 1.29 is 27.8 Å². The zero-order valence-electron chi connectivity index (χ0n) is 18.7. The summed E-state index contributed by atoms with van der Waals surface area (Å²) in [5, 5.41) is 1.47. The Labute approximate surface area is 194 Å². The molecule has 0 aliphatic rings. The van der Waals surface area contributed by atoms with Gasteiger partial charge in [0.25, 0.3) is 0 Å². The number of aryl methyl sites for hydroxylation is 1. The number of fused-ring (bicyclic) bond motifs is 2. The average Bonchev–Trinajstić information content (AvgIpc) is 3.27. The lowest BCUT2D eigenvalue weighted by Crippen LogP contribution is -2.12. The molecule has 2 aromatic heterocycles. The number of rotatable bonds is 5. The van der Waals surface area contributed by atoms with E-state index in [1.807, 2.05) is 30.3 Å². The van der Waals surface area contributed by atoms with Gasteiger partial charge in [0.1, 0.15) is 39.7 Å². The van der Waals surface area contributed by atoms with E-state index in [-0.39, 0.29) is 5.56 Å². The number of para-hydroxylation sites is 1. The van der Waals surface area contributed by atoms with Crippen LogP contribution in [0.4, 0.5) is 0 Å². The number of esters is 1. The van der Waals surface area contributed by atoms with E-state index in [4.69, 9.17) is 23.0 Å². The summed E-state index contributed by atoms with van der Waals surface area (Å²) < 4.78 is 27.8. The number of hydrogen-bond acceptors (Lipinski definition) is 7. The summed E-state index contributed by atoms with van der Waals surface area (Å²) in [6.07, 6.45) is 0. The van der Waals surface area contributed by atoms with Crippen LogP contribution < -0.4 is 19.8 Å². The van der Waals surface area contributed by atoms with E-state index >= 15 is 0 Å². The minimum atomic E-state index is -0.639. The van der Waals surface area contributed by atoms with Crippen molar-refractivity contribution in [2.45, 2.75) is 6.92 Å². The quantitative estimate of drug-likeness (QED) is 0.189. The van der Waals surface area contributed by atoms with Crippen LogP contribution in [0.25, 0.3) is 33.3 Å². The third kappa shape index (κ3) is 3.67. The predicted octanol–water partition coefficient (Wildman–Crippen LogP) is 5.75. The van der Waals surface area contributed by atoms with E-state index in [1.54, 1.807) is 37.3 Å². The molecule has 34 heavy (non-hydrogen) atoms. The highest BCUT2D eigenvalue weighted by Crippen LogP contribution is 2.36. The maximum atomic E-state index is 13.1. The predicted molar refractivity (Wildman–Crippen MR) is 127 cm³/mol. The Hall–Kier alpha value is -4.52. The molecule has 0 fully saturated rings. The minimum Gasteiger partial charge on any atom is -0.496 e. The first kappa shape index (κ1) is 21.3. The number of carbonyl (C=O) groups excluding carboxylic acids is 1. The molecule has 0 N–H and O–H groups in total. The van der Waals surface area contributed by atoms with Gasteiger partial charge in [-0.05, 0) is 48.9 Å². The SMILES string of the molecule is COc1cccc(OC)c1C(=O)Oc1cc2c(-c3cc4ccccc4o3)cc(=O)oc2cc1C. The van der Waals surface area contributed by atoms with Crippen molar-refractivity contribution >= 4 is 27.9 Å². The molecule has 0 saturated heterocycles. The fraction of sp³-hybridized carbons (Fsp3) is 0.111. The molecule has 5 aromatic rings. The summed E-state index contributed by atoms with van der Waals surface area (Å²) in [5.74, 6) is 0.830. The molecule has 0 unspecified atom stereocenters. The van der Waals surface area contributed by atoms with Crippen molar-refractivity contribution in [3.63, 3.8) is 0 Å². The lowest BCUT2D eigenvalue weighted by atomic mass is 10.0. The maximum Gasteiger partial charge on any atom is 0.351 e. The van der Waals surface area contributed by atoms with Crippen LogP contribution in [0, 0.1) is 6.92 Å². The van der Waals surface area contributed by atoms with Crippen molar-refractivity contribution in [1.29, 1.82) is 0 Å². The fourth-order valence-corrected chi connectivity index (χ4v) is 3.92. The van der Waals surface area contributed by atoms with Crippen LogP contribution in [0.15, 0.2) is 80.4 Å². The van der Waals surface area contributed by atoms with Crippen molar-refractivity contribution in [3.05, 3.63) is 88.3 Å². The molecule has 0 saturated carbocycles. The first-order valence-corrected chi connectivity index (χ1v) is 10.5. The second-order valence-electron chi connectivity index (χ2n) is 7.67. The van der Waals surface area contributed by atoms with E-state index in [0.29, 0.717) is 50.7 Å². The normalized spacial score (nSPS) is 11.0. The summed E-state index contributed by atoms with van der Waals surface area (Å²) in [5.41, 5.74) is 1.86. The van der Waals surface area contributed by atoms with Crippen LogP contribution in [0.3, 0.4) is 0 Å². The van der Waals surface area contributed by atoms with Crippen molar-refractivity contribution in [2.75, 3.05) is 14.2 Å². The molecule has 3 aromatic carbocycles. The second-order valence-corrected chi connectivity index (χ2v) is 7.67. The standard InChI is InChI=1S/C27H20O7/c1-15-11-23-17(13-22(15)34-27(29)26-20(30-2)9-6-10-21(26)31-3)18(14-25(28)33-23)24-12-16-7-4-5-8-19(16)32-24/h4-14H,1-3H3. The van der Waals surface area contributed by atoms with E-state index in [1.165, 1.54) is 20.3 Å². The highest BCUT2D eigenvalue weighted by atomic mass is 16.5. The molecule has 7 heteroatoms. The van der Waals surface area contributed by atoms with Crippen LogP contribution in [0.5, 0.6) is 17.2 Å². The molecule has 2 heterocycles. The van der Waals surface area contributed by atoms with Crippen LogP contribution in [-0.4, -0.2) is 20.2 Å². The minimum absolute atomic E-state index is 0.170. The molecule has 0 bridgehead atoms. The highest BCUT2D eigenvalue weighted by molar-refractivity contribution is 5.99. The van der Waals surface area contributed by atoms with Crippen LogP contribution in [0.1, 0.15) is 15.9 Å². The van der Waals surface area contributed by atoms with E-state index in [0.717, 1.165) is 5.39 Å². The molecular weight excluding hydrogens is 436 g/mol. The van der Waals surface area contributed by atoms with Gasteiger partial charge < -0.3 is 23.0 Å². The van der Waals surface area contributed by atoms with Gasteiger partial charge in [-0.25, -0.2) is 9.59 Å². The number of ether oxygens (including phenoxy) is 3. The molecule has 170 valence electrons. The van der Waals surface area contributed by atoms with Gasteiger partial charge in [0, 0.05) is 22.4 Å². The highest BCUT2D eigenvalue weighted by Gasteiger charge is 2.22. The second kappa shape index (κ2) is 8.44. The van der Waals surface area contributed by atoms with E-state index in [2.05, 4.69) is 0 Å². The molecule has 0 aliphatic heterocycles. The number of furan rings is 1. The summed E-state index contributed by atoms with van der Waals surface area (Å²) >= 11 is 0. The van der Waals surface area contributed by atoms with Crippen molar-refractivity contribution in [1.82, 2.24) is 0 Å².